The number of hydrogen-bond donors (Lipinski definition) is 2. The molecule has 0 amide bonds. The Hall–Kier alpha value is -2.17. The van der Waals surface area contributed by atoms with E-state index in [1.54, 1.807) is 23.5 Å². The van der Waals surface area contributed by atoms with E-state index in [0.29, 0.717) is 6.54 Å². The van der Waals surface area contributed by atoms with Crippen LogP contribution in [-0.2, 0) is 6.54 Å². The molecule has 3 N–H and O–H groups in total. The third kappa shape index (κ3) is 2.43. The number of aromatic nitrogens is 1. The summed E-state index contributed by atoms with van der Waals surface area (Å²) < 4.78 is 0. The lowest BCUT2D eigenvalue weighted by molar-refractivity contribution is 0.475. The minimum absolute atomic E-state index is 0.257. The Morgan fingerprint density at radius 1 is 0.950 bits per heavy atom. The van der Waals surface area contributed by atoms with Gasteiger partial charge in [-0.05, 0) is 24.3 Å². The van der Waals surface area contributed by atoms with E-state index in [4.69, 9.17) is 10.7 Å². The van der Waals surface area contributed by atoms with Crippen molar-refractivity contribution in [3.8, 4) is 27.6 Å². The lowest BCUT2D eigenvalue weighted by atomic mass is 10.1. The maximum atomic E-state index is 9.35. The average molecular weight is 282 g/mol. The van der Waals surface area contributed by atoms with Gasteiger partial charge in [-0.25, -0.2) is 4.98 Å². The molecule has 0 bridgehead atoms. The van der Waals surface area contributed by atoms with Crippen molar-refractivity contribution in [1.29, 1.82) is 0 Å². The summed E-state index contributed by atoms with van der Waals surface area (Å²) in [6.07, 6.45) is 0. The number of benzene rings is 2. The van der Waals surface area contributed by atoms with E-state index < -0.39 is 0 Å². The summed E-state index contributed by atoms with van der Waals surface area (Å²) in [7, 11) is 0. The summed E-state index contributed by atoms with van der Waals surface area (Å²) in [6.45, 7) is 0.472. The molecule has 100 valence electrons. The highest BCUT2D eigenvalue weighted by Crippen LogP contribution is 2.33. The molecule has 4 heteroatoms. The number of aromatic hydroxyl groups is 1. The van der Waals surface area contributed by atoms with E-state index in [0.717, 1.165) is 26.7 Å². The van der Waals surface area contributed by atoms with Crippen molar-refractivity contribution < 1.29 is 5.11 Å². The van der Waals surface area contributed by atoms with Crippen LogP contribution in [0, 0.1) is 0 Å². The maximum Gasteiger partial charge on any atom is 0.124 e. The number of thiazole rings is 1. The van der Waals surface area contributed by atoms with Crippen LogP contribution in [0.25, 0.3) is 21.8 Å². The SMILES string of the molecule is NCc1sc(-c2ccc(O)cc2)nc1-c1ccccc1. The fourth-order valence-electron chi connectivity index (χ4n) is 2.04. The van der Waals surface area contributed by atoms with Crippen LogP contribution in [-0.4, -0.2) is 10.1 Å². The zero-order chi connectivity index (χ0) is 13.9. The highest BCUT2D eigenvalue weighted by molar-refractivity contribution is 7.15. The first kappa shape index (κ1) is 12.8. The third-order valence-electron chi connectivity index (χ3n) is 3.04. The van der Waals surface area contributed by atoms with Crippen molar-refractivity contribution in [2.75, 3.05) is 0 Å². The molecule has 0 aliphatic heterocycles. The van der Waals surface area contributed by atoms with Gasteiger partial charge >= 0.3 is 0 Å². The number of phenolic OH excluding ortho intramolecular Hbond substituents is 1. The van der Waals surface area contributed by atoms with Crippen molar-refractivity contribution in [3.05, 3.63) is 59.5 Å². The Morgan fingerprint density at radius 2 is 1.65 bits per heavy atom. The molecule has 0 saturated heterocycles. The topological polar surface area (TPSA) is 59.1 Å². The summed E-state index contributed by atoms with van der Waals surface area (Å²) in [5.41, 5.74) is 8.85. The molecule has 3 rings (SSSR count). The van der Waals surface area contributed by atoms with Crippen LogP contribution >= 0.6 is 11.3 Å². The molecule has 0 aliphatic rings. The minimum atomic E-state index is 0.257. The van der Waals surface area contributed by atoms with E-state index >= 15 is 0 Å². The van der Waals surface area contributed by atoms with Gasteiger partial charge < -0.3 is 10.8 Å². The Labute approximate surface area is 121 Å². The van der Waals surface area contributed by atoms with Gasteiger partial charge in [-0.3, -0.25) is 0 Å². The summed E-state index contributed by atoms with van der Waals surface area (Å²) in [5.74, 6) is 0.257. The normalized spacial score (nSPS) is 10.7. The summed E-state index contributed by atoms with van der Waals surface area (Å²) >= 11 is 1.60. The molecular formula is C16H14N2OS. The van der Waals surface area contributed by atoms with Crippen molar-refractivity contribution in [1.82, 2.24) is 4.98 Å². The second-order valence-corrected chi connectivity index (χ2v) is 5.49. The number of rotatable bonds is 3. The zero-order valence-corrected chi connectivity index (χ0v) is 11.6. The average Bonchev–Trinajstić information content (AvgIpc) is 2.93. The van der Waals surface area contributed by atoms with Crippen LogP contribution in [0.5, 0.6) is 5.75 Å². The van der Waals surface area contributed by atoms with E-state index in [2.05, 4.69) is 0 Å². The Morgan fingerprint density at radius 3 is 2.30 bits per heavy atom. The zero-order valence-electron chi connectivity index (χ0n) is 10.8. The highest BCUT2D eigenvalue weighted by atomic mass is 32.1. The van der Waals surface area contributed by atoms with Gasteiger partial charge in [0.2, 0.25) is 0 Å². The van der Waals surface area contributed by atoms with Crippen molar-refractivity contribution in [2.24, 2.45) is 5.73 Å². The number of phenols is 1. The van der Waals surface area contributed by atoms with Gasteiger partial charge in [-0.1, -0.05) is 30.3 Å². The molecule has 1 heterocycles. The van der Waals surface area contributed by atoms with Crippen molar-refractivity contribution in [2.45, 2.75) is 6.54 Å². The maximum absolute atomic E-state index is 9.35. The lowest BCUT2D eigenvalue weighted by Crippen LogP contribution is -1.95. The molecule has 20 heavy (non-hydrogen) atoms. The Bertz CT molecular complexity index is 705. The summed E-state index contributed by atoms with van der Waals surface area (Å²) in [4.78, 5) is 5.78. The smallest absolute Gasteiger partial charge is 0.124 e. The predicted molar refractivity (Wildman–Crippen MR) is 82.5 cm³/mol. The summed E-state index contributed by atoms with van der Waals surface area (Å²) in [6, 6.07) is 17.1. The molecular weight excluding hydrogens is 268 g/mol. The van der Waals surface area contributed by atoms with Gasteiger partial charge in [-0.2, -0.15) is 0 Å². The van der Waals surface area contributed by atoms with Crippen LogP contribution in [0.3, 0.4) is 0 Å². The molecule has 2 aromatic carbocycles. The molecule has 0 atom stereocenters. The quantitative estimate of drug-likeness (QED) is 0.771. The van der Waals surface area contributed by atoms with Crippen LogP contribution < -0.4 is 5.73 Å². The monoisotopic (exact) mass is 282 g/mol. The Kier molecular flexibility index (Phi) is 3.50. The van der Waals surface area contributed by atoms with Gasteiger partial charge in [0, 0.05) is 22.5 Å². The Balaban J connectivity index is 2.07. The van der Waals surface area contributed by atoms with E-state index in [1.807, 2.05) is 42.5 Å². The molecule has 1 aromatic heterocycles. The standard InChI is InChI=1S/C16H14N2OS/c17-10-14-15(11-4-2-1-3-5-11)18-16(20-14)12-6-8-13(19)9-7-12/h1-9,19H,10,17H2. The molecule has 0 radical (unpaired) electrons. The number of nitrogens with two attached hydrogens (primary N) is 1. The van der Waals surface area contributed by atoms with Gasteiger partial charge in [0.15, 0.2) is 0 Å². The number of nitrogens with zero attached hydrogens (tertiary/aromatic N) is 1. The highest BCUT2D eigenvalue weighted by Gasteiger charge is 2.12. The van der Waals surface area contributed by atoms with Gasteiger partial charge in [0.25, 0.3) is 0 Å². The van der Waals surface area contributed by atoms with Crippen LogP contribution in [0.2, 0.25) is 0 Å². The minimum Gasteiger partial charge on any atom is -0.508 e. The molecule has 0 saturated carbocycles. The van der Waals surface area contributed by atoms with Gasteiger partial charge in [-0.15, -0.1) is 11.3 Å². The first-order chi connectivity index (χ1) is 9.78. The van der Waals surface area contributed by atoms with Crippen molar-refractivity contribution in [3.63, 3.8) is 0 Å². The van der Waals surface area contributed by atoms with E-state index in [9.17, 15) is 5.11 Å². The first-order valence-corrected chi connectivity index (χ1v) is 7.14. The third-order valence-corrected chi connectivity index (χ3v) is 4.17. The largest absolute Gasteiger partial charge is 0.508 e. The second kappa shape index (κ2) is 5.45. The molecule has 0 unspecified atom stereocenters. The molecule has 0 aliphatic carbocycles. The van der Waals surface area contributed by atoms with E-state index in [-0.39, 0.29) is 5.75 Å². The van der Waals surface area contributed by atoms with Crippen LogP contribution in [0.4, 0.5) is 0 Å². The number of hydrogen-bond acceptors (Lipinski definition) is 4. The second-order valence-electron chi connectivity index (χ2n) is 4.41. The van der Waals surface area contributed by atoms with Crippen LogP contribution in [0.15, 0.2) is 54.6 Å². The van der Waals surface area contributed by atoms with E-state index in [1.165, 1.54) is 0 Å². The van der Waals surface area contributed by atoms with Crippen LogP contribution in [0.1, 0.15) is 4.88 Å². The fourth-order valence-corrected chi connectivity index (χ4v) is 3.01. The molecule has 0 spiro atoms. The van der Waals surface area contributed by atoms with Gasteiger partial charge in [0.1, 0.15) is 10.8 Å². The van der Waals surface area contributed by atoms with Crippen molar-refractivity contribution >= 4 is 11.3 Å². The molecule has 3 aromatic rings. The predicted octanol–water partition coefficient (Wildman–Crippen LogP) is 3.64. The fraction of sp³-hybridized carbons (Fsp3) is 0.0625. The first-order valence-electron chi connectivity index (χ1n) is 6.32. The molecule has 0 fully saturated rings. The summed E-state index contributed by atoms with van der Waals surface area (Å²) in [5, 5.41) is 10.3. The van der Waals surface area contributed by atoms with Gasteiger partial charge in [0.05, 0.1) is 5.69 Å². The lowest BCUT2D eigenvalue weighted by Gasteiger charge is -1.98. The molecule has 3 nitrogen and oxygen atoms in total.